The van der Waals surface area contributed by atoms with E-state index in [4.69, 9.17) is 16.3 Å². The molecule has 0 saturated heterocycles. The molecule has 0 radical (unpaired) electrons. The van der Waals surface area contributed by atoms with Crippen LogP contribution in [-0.4, -0.2) is 23.0 Å². The molecule has 0 atom stereocenters. The van der Waals surface area contributed by atoms with E-state index in [9.17, 15) is 18.0 Å². The molecule has 11 heteroatoms. The molecule has 0 unspecified atom stereocenters. The molecule has 3 N–H and O–H groups in total. The van der Waals surface area contributed by atoms with E-state index in [0.29, 0.717) is 0 Å². The number of carbonyl (C=O) groups excluding carboxylic acids is 1. The van der Waals surface area contributed by atoms with Gasteiger partial charge in [0.2, 0.25) is 5.91 Å². The number of nitrogens with zero attached hydrogens (tertiary/aromatic N) is 3. The molecule has 1 amide bonds. The molecular formula is C16H10F3N5O2S. The Morgan fingerprint density at radius 1 is 1.22 bits per heavy atom. The number of alkyl halides is 3. The molecule has 0 fully saturated rings. The largest absolute Gasteiger partial charge is 0.573 e. The Kier molecular flexibility index (Phi) is 6.11. The van der Waals surface area contributed by atoms with Crippen LogP contribution >= 0.6 is 11.8 Å². The molecule has 1 aromatic carbocycles. The van der Waals surface area contributed by atoms with Gasteiger partial charge in [0.1, 0.15) is 28.7 Å². The van der Waals surface area contributed by atoms with Gasteiger partial charge in [-0.2, -0.15) is 10.5 Å². The molecule has 2 aromatic rings. The van der Waals surface area contributed by atoms with Crippen LogP contribution in [0.15, 0.2) is 35.4 Å². The first-order valence-corrected chi connectivity index (χ1v) is 8.09. The summed E-state index contributed by atoms with van der Waals surface area (Å²) < 4.78 is 40.0. The molecule has 0 aliphatic heterocycles. The van der Waals surface area contributed by atoms with Crippen LogP contribution in [0.4, 0.5) is 24.7 Å². The minimum absolute atomic E-state index is 0.0559. The van der Waals surface area contributed by atoms with Crippen molar-refractivity contribution in [2.75, 3.05) is 16.8 Å². The number of ether oxygens (including phenoxy) is 1. The molecule has 0 aliphatic carbocycles. The number of hydrogen-bond donors (Lipinski definition) is 2. The fourth-order valence-corrected chi connectivity index (χ4v) is 2.62. The van der Waals surface area contributed by atoms with Gasteiger partial charge in [-0.3, -0.25) is 4.79 Å². The fraction of sp³-hybridized carbons (Fsp3) is 0.125. The van der Waals surface area contributed by atoms with Gasteiger partial charge < -0.3 is 15.8 Å². The predicted octanol–water partition coefficient (Wildman–Crippen LogP) is 3.04. The highest BCUT2D eigenvalue weighted by atomic mass is 32.2. The van der Waals surface area contributed by atoms with Crippen LogP contribution in [-0.2, 0) is 4.79 Å². The zero-order chi connectivity index (χ0) is 20.0. The second-order valence-corrected chi connectivity index (χ2v) is 5.87. The number of carbonyl (C=O) groups is 1. The van der Waals surface area contributed by atoms with Crippen molar-refractivity contribution in [2.45, 2.75) is 11.4 Å². The fourth-order valence-electron chi connectivity index (χ4n) is 1.86. The summed E-state index contributed by atoms with van der Waals surface area (Å²) in [5, 5.41) is 20.6. The smallest absolute Gasteiger partial charge is 0.406 e. The molecule has 0 saturated carbocycles. The minimum Gasteiger partial charge on any atom is -0.406 e. The lowest BCUT2D eigenvalue weighted by Crippen LogP contribution is -2.17. The average Bonchev–Trinajstić information content (AvgIpc) is 2.60. The van der Waals surface area contributed by atoms with Gasteiger partial charge >= 0.3 is 6.36 Å². The molecule has 0 bridgehead atoms. The molecule has 1 aromatic heterocycles. The van der Waals surface area contributed by atoms with E-state index in [0.717, 1.165) is 23.9 Å². The molecular weight excluding hydrogens is 383 g/mol. The second kappa shape index (κ2) is 8.29. The van der Waals surface area contributed by atoms with Crippen LogP contribution in [0.2, 0.25) is 0 Å². The van der Waals surface area contributed by atoms with E-state index >= 15 is 0 Å². The maximum absolute atomic E-state index is 12.1. The maximum Gasteiger partial charge on any atom is 0.573 e. The van der Waals surface area contributed by atoms with E-state index in [1.54, 1.807) is 6.07 Å². The third-order valence-corrected chi connectivity index (χ3v) is 3.96. The van der Waals surface area contributed by atoms with Gasteiger partial charge in [-0.25, -0.2) is 4.98 Å². The highest BCUT2D eigenvalue weighted by Crippen LogP contribution is 2.25. The van der Waals surface area contributed by atoms with Crippen LogP contribution < -0.4 is 15.8 Å². The van der Waals surface area contributed by atoms with E-state index in [2.05, 4.69) is 15.0 Å². The summed E-state index contributed by atoms with van der Waals surface area (Å²) in [6.45, 7) is 0. The van der Waals surface area contributed by atoms with Crippen molar-refractivity contribution in [1.82, 2.24) is 4.98 Å². The Balaban J connectivity index is 1.98. The zero-order valence-electron chi connectivity index (χ0n) is 13.4. The number of aromatic nitrogens is 1. The Hall–Kier alpha value is -3.44. The number of pyridine rings is 1. The number of nitrogens with two attached hydrogens (primary N) is 1. The van der Waals surface area contributed by atoms with Gasteiger partial charge in [0.15, 0.2) is 0 Å². The summed E-state index contributed by atoms with van der Waals surface area (Å²) in [5.41, 5.74) is 6.02. The monoisotopic (exact) mass is 393 g/mol. The van der Waals surface area contributed by atoms with Crippen LogP contribution in [0.5, 0.6) is 5.75 Å². The van der Waals surface area contributed by atoms with Gasteiger partial charge in [-0.1, -0.05) is 11.8 Å². The maximum atomic E-state index is 12.1. The number of amides is 1. The third-order valence-electron chi connectivity index (χ3n) is 2.97. The van der Waals surface area contributed by atoms with E-state index in [1.165, 1.54) is 18.2 Å². The van der Waals surface area contributed by atoms with E-state index in [-0.39, 0.29) is 33.4 Å². The predicted molar refractivity (Wildman–Crippen MR) is 90.6 cm³/mol. The first-order chi connectivity index (χ1) is 12.7. The highest BCUT2D eigenvalue weighted by Gasteiger charge is 2.30. The summed E-state index contributed by atoms with van der Waals surface area (Å²) in [7, 11) is 0. The molecule has 0 aliphatic rings. The molecule has 1 heterocycles. The molecule has 2 rings (SSSR count). The Morgan fingerprint density at radius 3 is 2.41 bits per heavy atom. The van der Waals surface area contributed by atoms with Crippen LogP contribution in [0.1, 0.15) is 11.1 Å². The highest BCUT2D eigenvalue weighted by molar-refractivity contribution is 8.00. The van der Waals surface area contributed by atoms with Gasteiger partial charge in [0, 0.05) is 5.69 Å². The second-order valence-electron chi connectivity index (χ2n) is 4.91. The number of nitrogen functional groups attached to an aromatic ring is 1. The number of halogens is 3. The summed E-state index contributed by atoms with van der Waals surface area (Å²) in [4.78, 5) is 15.9. The molecule has 7 nitrogen and oxygen atoms in total. The standard InChI is InChI=1S/C16H10F3N5O2S/c17-16(18,19)26-12-3-1-11(2-4-12)23-13(25)8-27-15-10(7-21)5-9(6-20)14(22)24-15/h1-5H,8H2,(H2,22,24)(H,23,25). The lowest BCUT2D eigenvalue weighted by atomic mass is 10.2. The van der Waals surface area contributed by atoms with Crippen LogP contribution in [0, 0.1) is 22.7 Å². The quantitative estimate of drug-likeness (QED) is 0.748. The summed E-state index contributed by atoms with van der Waals surface area (Å²) in [5.74, 6) is -1.07. The first-order valence-electron chi connectivity index (χ1n) is 7.11. The van der Waals surface area contributed by atoms with Crippen molar-refractivity contribution in [2.24, 2.45) is 0 Å². The Bertz CT molecular complexity index is 933. The number of rotatable bonds is 5. The normalized spacial score (nSPS) is 10.6. The SMILES string of the molecule is N#Cc1cc(C#N)c(SCC(=O)Nc2ccc(OC(F)(F)F)cc2)nc1N. The van der Waals surface area contributed by atoms with Crippen molar-refractivity contribution in [3.05, 3.63) is 41.5 Å². The number of hydrogen-bond acceptors (Lipinski definition) is 7. The molecule has 0 spiro atoms. The van der Waals surface area contributed by atoms with Gasteiger partial charge in [0.05, 0.1) is 16.9 Å². The van der Waals surface area contributed by atoms with Gasteiger partial charge in [0.25, 0.3) is 0 Å². The topological polar surface area (TPSA) is 125 Å². The average molecular weight is 393 g/mol. The summed E-state index contributed by atoms with van der Waals surface area (Å²) in [6.07, 6.45) is -4.80. The first kappa shape index (κ1) is 19.9. The van der Waals surface area contributed by atoms with Gasteiger partial charge in [-0.05, 0) is 30.3 Å². The van der Waals surface area contributed by atoms with Crippen molar-refractivity contribution >= 4 is 29.2 Å². The minimum atomic E-state index is -4.80. The Labute approximate surface area is 155 Å². The van der Waals surface area contributed by atoms with Crippen molar-refractivity contribution < 1.29 is 22.7 Å². The van der Waals surface area contributed by atoms with Crippen molar-refractivity contribution in [3.8, 4) is 17.9 Å². The lowest BCUT2D eigenvalue weighted by molar-refractivity contribution is -0.274. The van der Waals surface area contributed by atoms with Crippen LogP contribution in [0.3, 0.4) is 0 Å². The van der Waals surface area contributed by atoms with E-state index < -0.39 is 18.0 Å². The lowest BCUT2D eigenvalue weighted by Gasteiger charge is -2.10. The van der Waals surface area contributed by atoms with Gasteiger partial charge in [-0.15, -0.1) is 13.2 Å². The summed E-state index contributed by atoms with van der Waals surface area (Å²) >= 11 is 0.935. The number of benzene rings is 1. The number of nitriles is 2. The van der Waals surface area contributed by atoms with Crippen molar-refractivity contribution in [1.29, 1.82) is 10.5 Å². The number of anilines is 2. The third kappa shape index (κ3) is 5.80. The number of thioether (sulfide) groups is 1. The van der Waals surface area contributed by atoms with Crippen LogP contribution in [0.25, 0.3) is 0 Å². The zero-order valence-corrected chi connectivity index (χ0v) is 14.2. The summed E-state index contributed by atoms with van der Waals surface area (Å²) in [6, 6.07) is 9.58. The molecule has 27 heavy (non-hydrogen) atoms. The number of nitrogens with one attached hydrogen (secondary N) is 1. The molecule has 138 valence electrons. The van der Waals surface area contributed by atoms with Crippen molar-refractivity contribution in [3.63, 3.8) is 0 Å². The van der Waals surface area contributed by atoms with E-state index in [1.807, 2.05) is 6.07 Å². The Morgan fingerprint density at radius 2 is 1.85 bits per heavy atom.